The summed E-state index contributed by atoms with van der Waals surface area (Å²) >= 11 is 0. The van der Waals surface area contributed by atoms with Crippen LogP contribution in [-0.4, -0.2) is 27.9 Å². The molecule has 0 atom stereocenters. The number of aromatic amines is 1. The number of aromatic nitrogens is 2. The molecule has 0 spiro atoms. The van der Waals surface area contributed by atoms with Crippen LogP contribution in [0.5, 0.6) is 11.5 Å². The van der Waals surface area contributed by atoms with E-state index in [4.69, 9.17) is 9.47 Å². The zero-order valence-electron chi connectivity index (χ0n) is 15.2. The fourth-order valence-electron chi connectivity index (χ4n) is 2.49. The molecule has 0 saturated heterocycles. The number of hydrogen-bond acceptors (Lipinski definition) is 7. The third-order valence-electron chi connectivity index (χ3n) is 3.88. The Labute approximate surface area is 164 Å². The molecule has 1 amide bonds. The van der Waals surface area contributed by atoms with Gasteiger partial charge in [-0.05, 0) is 17.7 Å². The molecule has 2 aromatic carbocycles. The van der Waals surface area contributed by atoms with Crippen LogP contribution in [0.2, 0.25) is 0 Å². The van der Waals surface area contributed by atoms with Gasteiger partial charge in [-0.1, -0.05) is 30.3 Å². The Morgan fingerprint density at radius 3 is 2.69 bits per heavy atom. The highest BCUT2D eigenvalue weighted by Gasteiger charge is 2.21. The fraction of sp³-hybridized carbons (Fsp3) is 0.105. The van der Waals surface area contributed by atoms with Crippen LogP contribution in [-0.2, 0) is 6.61 Å². The van der Waals surface area contributed by atoms with E-state index in [1.807, 2.05) is 30.3 Å². The van der Waals surface area contributed by atoms with Gasteiger partial charge in [-0.2, -0.15) is 4.98 Å². The van der Waals surface area contributed by atoms with Gasteiger partial charge in [-0.3, -0.25) is 14.9 Å². The Morgan fingerprint density at radius 1 is 1.24 bits per heavy atom. The monoisotopic (exact) mass is 396 g/mol. The zero-order chi connectivity index (χ0) is 20.8. The van der Waals surface area contributed by atoms with Crippen LogP contribution in [0.4, 0.5) is 11.5 Å². The van der Waals surface area contributed by atoms with Crippen molar-refractivity contribution < 1.29 is 19.2 Å². The van der Waals surface area contributed by atoms with Crippen LogP contribution in [0.15, 0.2) is 59.5 Å². The van der Waals surface area contributed by atoms with E-state index >= 15 is 0 Å². The second kappa shape index (κ2) is 8.65. The minimum atomic E-state index is -0.831. The normalized spacial score (nSPS) is 10.2. The maximum Gasteiger partial charge on any atom is 0.347 e. The number of nitrogens with one attached hydrogen (secondary N) is 2. The number of amides is 1. The molecule has 1 heterocycles. The van der Waals surface area contributed by atoms with Crippen molar-refractivity contribution in [3.8, 4) is 11.5 Å². The van der Waals surface area contributed by atoms with Crippen molar-refractivity contribution in [3.05, 3.63) is 86.5 Å². The molecule has 10 heteroatoms. The summed E-state index contributed by atoms with van der Waals surface area (Å²) in [4.78, 5) is 39.7. The molecular weight excluding hydrogens is 380 g/mol. The molecule has 0 bridgehead atoms. The largest absolute Gasteiger partial charge is 0.496 e. The molecule has 0 radical (unpaired) electrons. The van der Waals surface area contributed by atoms with Crippen molar-refractivity contribution in [2.24, 2.45) is 0 Å². The molecule has 10 nitrogen and oxygen atoms in total. The highest BCUT2D eigenvalue weighted by molar-refractivity contribution is 6.06. The standard InChI is InChI=1S/C19H16N4O6/c1-28-16-9-13(29-11-12-5-3-2-4-6-12)7-8-14(16)18(24)21-17-15(23(26)27)10-20-19(25)22-17/h2-10H,11H2,1H3,(H2,20,21,22,24,25). The number of hydrogen-bond donors (Lipinski definition) is 2. The number of H-pyrrole nitrogens is 1. The van der Waals surface area contributed by atoms with Gasteiger partial charge < -0.3 is 19.8 Å². The lowest BCUT2D eigenvalue weighted by Gasteiger charge is -2.12. The number of benzene rings is 2. The van der Waals surface area contributed by atoms with Crippen LogP contribution < -0.4 is 20.5 Å². The third kappa shape index (κ3) is 4.75. The first-order valence-electron chi connectivity index (χ1n) is 8.38. The van der Waals surface area contributed by atoms with Crippen molar-refractivity contribution in [2.75, 3.05) is 12.4 Å². The first-order chi connectivity index (χ1) is 14.0. The summed E-state index contributed by atoms with van der Waals surface area (Å²) < 4.78 is 10.9. The highest BCUT2D eigenvalue weighted by Crippen LogP contribution is 2.27. The molecule has 0 saturated carbocycles. The van der Waals surface area contributed by atoms with E-state index in [1.54, 1.807) is 6.07 Å². The van der Waals surface area contributed by atoms with Gasteiger partial charge in [0, 0.05) is 6.07 Å². The number of methoxy groups -OCH3 is 1. The Bertz CT molecular complexity index is 1100. The van der Waals surface area contributed by atoms with E-state index in [2.05, 4.69) is 15.3 Å². The maximum atomic E-state index is 12.6. The van der Waals surface area contributed by atoms with Crippen molar-refractivity contribution in [3.63, 3.8) is 0 Å². The van der Waals surface area contributed by atoms with Crippen LogP contribution >= 0.6 is 0 Å². The quantitative estimate of drug-likeness (QED) is 0.462. The number of nitrogens with zero attached hydrogens (tertiary/aromatic N) is 2. The van der Waals surface area contributed by atoms with E-state index in [9.17, 15) is 19.7 Å². The van der Waals surface area contributed by atoms with E-state index in [-0.39, 0.29) is 11.3 Å². The second-order valence-electron chi connectivity index (χ2n) is 5.79. The first-order valence-corrected chi connectivity index (χ1v) is 8.38. The Hall–Kier alpha value is -4.21. The molecule has 2 N–H and O–H groups in total. The van der Waals surface area contributed by atoms with Gasteiger partial charge in [-0.15, -0.1) is 0 Å². The lowest BCUT2D eigenvalue weighted by molar-refractivity contribution is -0.384. The summed E-state index contributed by atoms with van der Waals surface area (Å²) in [5, 5.41) is 13.3. The molecule has 3 aromatic rings. The Balaban J connectivity index is 1.80. The lowest BCUT2D eigenvalue weighted by atomic mass is 10.1. The molecule has 0 unspecified atom stereocenters. The number of anilines is 1. The van der Waals surface area contributed by atoms with E-state index < -0.39 is 28.0 Å². The minimum absolute atomic E-state index is 0.0935. The van der Waals surface area contributed by atoms with Crippen LogP contribution in [0.1, 0.15) is 15.9 Å². The molecule has 0 aliphatic carbocycles. The number of carbonyl (C=O) groups is 1. The van der Waals surface area contributed by atoms with Crippen molar-refractivity contribution >= 4 is 17.4 Å². The van der Waals surface area contributed by atoms with E-state index in [1.165, 1.54) is 19.2 Å². The van der Waals surface area contributed by atoms with Crippen LogP contribution in [0.3, 0.4) is 0 Å². The van der Waals surface area contributed by atoms with E-state index in [0.717, 1.165) is 11.8 Å². The molecular formula is C19H16N4O6. The van der Waals surface area contributed by atoms with Crippen molar-refractivity contribution in [1.82, 2.24) is 9.97 Å². The summed E-state index contributed by atoms with van der Waals surface area (Å²) in [7, 11) is 1.38. The molecule has 148 valence electrons. The summed E-state index contributed by atoms with van der Waals surface area (Å²) in [6.45, 7) is 0.332. The third-order valence-corrected chi connectivity index (χ3v) is 3.88. The van der Waals surface area contributed by atoms with Crippen molar-refractivity contribution in [1.29, 1.82) is 0 Å². The smallest absolute Gasteiger partial charge is 0.347 e. The molecule has 29 heavy (non-hydrogen) atoms. The van der Waals surface area contributed by atoms with Crippen LogP contribution in [0, 0.1) is 10.1 Å². The van der Waals surface area contributed by atoms with Gasteiger partial charge in [-0.25, -0.2) is 4.79 Å². The zero-order valence-corrected chi connectivity index (χ0v) is 15.2. The summed E-state index contributed by atoms with van der Waals surface area (Å²) in [5.74, 6) is -0.518. The van der Waals surface area contributed by atoms with Crippen molar-refractivity contribution in [2.45, 2.75) is 6.61 Å². The number of carbonyl (C=O) groups excluding carboxylic acids is 1. The topological polar surface area (TPSA) is 136 Å². The molecule has 0 aliphatic rings. The van der Waals surface area contributed by atoms with Gasteiger partial charge in [0.05, 0.1) is 23.8 Å². The Morgan fingerprint density at radius 2 is 2.00 bits per heavy atom. The number of rotatable bonds is 7. The van der Waals surface area contributed by atoms with Gasteiger partial charge in [0.2, 0.25) is 5.82 Å². The predicted molar refractivity (Wildman–Crippen MR) is 103 cm³/mol. The summed E-state index contributed by atoms with van der Waals surface area (Å²) in [5.41, 5.74) is -0.306. The Kier molecular flexibility index (Phi) is 5.83. The minimum Gasteiger partial charge on any atom is -0.496 e. The summed E-state index contributed by atoms with van der Waals surface area (Å²) in [6, 6.07) is 14.1. The SMILES string of the molecule is COc1cc(OCc2ccccc2)ccc1C(=O)Nc1nc(=O)[nH]cc1[N+](=O)[O-]. The first kappa shape index (κ1) is 19.5. The van der Waals surface area contributed by atoms with Gasteiger partial charge in [0.1, 0.15) is 18.1 Å². The molecule has 0 aliphatic heterocycles. The fourth-order valence-corrected chi connectivity index (χ4v) is 2.49. The average Bonchev–Trinajstić information content (AvgIpc) is 2.72. The van der Waals surface area contributed by atoms with Gasteiger partial charge in [0.15, 0.2) is 0 Å². The number of nitro groups is 1. The van der Waals surface area contributed by atoms with Gasteiger partial charge >= 0.3 is 11.4 Å². The second-order valence-corrected chi connectivity index (χ2v) is 5.79. The molecule has 0 fully saturated rings. The maximum absolute atomic E-state index is 12.6. The van der Waals surface area contributed by atoms with Crippen LogP contribution in [0.25, 0.3) is 0 Å². The van der Waals surface area contributed by atoms with Gasteiger partial charge in [0.25, 0.3) is 5.91 Å². The molecule has 3 rings (SSSR count). The average molecular weight is 396 g/mol. The van der Waals surface area contributed by atoms with E-state index in [0.29, 0.717) is 12.4 Å². The number of ether oxygens (including phenoxy) is 2. The highest BCUT2D eigenvalue weighted by atomic mass is 16.6. The lowest BCUT2D eigenvalue weighted by Crippen LogP contribution is -2.20. The predicted octanol–water partition coefficient (Wildman–Crippen LogP) is 2.52. The molecule has 1 aromatic heterocycles. The summed E-state index contributed by atoms with van der Waals surface area (Å²) in [6.07, 6.45) is 0.864.